The third-order valence-corrected chi connectivity index (χ3v) is 3.09. The molecule has 0 unspecified atom stereocenters. The quantitative estimate of drug-likeness (QED) is 0.780. The summed E-state index contributed by atoms with van der Waals surface area (Å²) in [6.07, 6.45) is 2.01. The molecule has 1 aromatic heterocycles. The Morgan fingerprint density at radius 2 is 2.06 bits per heavy atom. The van der Waals surface area contributed by atoms with E-state index in [2.05, 4.69) is 18.4 Å². The summed E-state index contributed by atoms with van der Waals surface area (Å²) in [6.45, 7) is 4.20. The summed E-state index contributed by atoms with van der Waals surface area (Å²) in [5.74, 6) is -0.135. The summed E-state index contributed by atoms with van der Waals surface area (Å²) in [4.78, 5) is 17.2. The summed E-state index contributed by atoms with van der Waals surface area (Å²) < 4.78 is 2.10. The van der Waals surface area contributed by atoms with Crippen LogP contribution in [0.5, 0.6) is 0 Å². The third kappa shape index (κ3) is 1.99. The Morgan fingerprint density at radius 1 is 1.33 bits per heavy atom. The molecule has 0 aliphatic heterocycles. The van der Waals surface area contributed by atoms with Crippen molar-refractivity contribution in [1.29, 1.82) is 0 Å². The van der Waals surface area contributed by atoms with E-state index in [1.165, 1.54) is 12.2 Å². The van der Waals surface area contributed by atoms with E-state index >= 15 is 0 Å². The van der Waals surface area contributed by atoms with Crippen molar-refractivity contribution in [3.8, 4) is 0 Å². The number of hydrogen-bond donors (Lipinski definition) is 0. The molecule has 1 heterocycles. The van der Waals surface area contributed by atoms with Crippen LogP contribution in [0.25, 0.3) is 10.9 Å². The predicted molar refractivity (Wildman–Crippen MR) is 71.4 cm³/mol. The molecule has 1 amide bonds. The molecule has 2 rings (SSSR count). The van der Waals surface area contributed by atoms with Crippen molar-refractivity contribution >= 4 is 16.8 Å². The smallest absolute Gasteiger partial charge is 0.279 e. The molecule has 96 valence electrons. The van der Waals surface area contributed by atoms with Crippen LogP contribution in [0.2, 0.25) is 0 Å². The van der Waals surface area contributed by atoms with Gasteiger partial charge in [-0.25, -0.2) is 5.06 Å². The molecule has 0 spiro atoms. The van der Waals surface area contributed by atoms with Crippen LogP contribution < -0.4 is 0 Å². The Morgan fingerprint density at radius 3 is 2.67 bits per heavy atom. The number of carbonyl (C=O) groups is 1. The van der Waals surface area contributed by atoms with Crippen LogP contribution in [-0.2, 0) is 4.84 Å². The largest absolute Gasteiger partial charge is 0.344 e. The van der Waals surface area contributed by atoms with Crippen LogP contribution in [0.15, 0.2) is 30.5 Å². The first-order chi connectivity index (χ1) is 8.56. The molecular formula is C14H18N2O2. The first-order valence-electron chi connectivity index (χ1n) is 5.98. The number of fused-ring (bicyclic) bond motifs is 1. The molecular weight excluding hydrogens is 228 g/mol. The number of hydroxylamine groups is 2. The molecule has 0 saturated heterocycles. The van der Waals surface area contributed by atoms with E-state index in [4.69, 9.17) is 4.84 Å². The Kier molecular flexibility index (Phi) is 3.39. The molecule has 4 nitrogen and oxygen atoms in total. The van der Waals surface area contributed by atoms with Gasteiger partial charge in [-0.2, -0.15) is 0 Å². The summed E-state index contributed by atoms with van der Waals surface area (Å²) in [7, 11) is 3.10. The highest BCUT2D eigenvalue weighted by Crippen LogP contribution is 2.24. The van der Waals surface area contributed by atoms with E-state index < -0.39 is 0 Å². The van der Waals surface area contributed by atoms with Crippen molar-refractivity contribution in [3.05, 3.63) is 36.0 Å². The van der Waals surface area contributed by atoms with E-state index in [0.29, 0.717) is 11.6 Å². The first kappa shape index (κ1) is 12.6. The van der Waals surface area contributed by atoms with Crippen molar-refractivity contribution in [2.24, 2.45) is 0 Å². The predicted octanol–water partition coefficient (Wildman–Crippen LogP) is 2.86. The lowest BCUT2D eigenvalue weighted by molar-refractivity contribution is -0.0755. The number of rotatable bonds is 3. The maximum Gasteiger partial charge on any atom is 0.279 e. The monoisotopic (exact) mass is 246 g/mol. The second kappa shape index (κ2) is 4.82. The van der Waals surface area contributed by atoms with Gasteiger partial charge < -0.3 is 4.57 Å². The van der Waals surface area contributed by atoms with E-state index in [0.717, 1.165) is 10.9 Å². The average molecular weight is 246 g/mol. The molecule has 0 atom stereocenters. The van der Waals surface area contributed by atoms with E-state index in [-0.39, 0.29) is 5.91 Å². The average Bonchev–Trinajstić information content (AvgIpc) is 2.80. The lowest BCUT2D eigenvalue weighted by Gasteiger charge is -2.17. The molecule has 18 heavy (non-hydrogen) atoms. The fraction of sp³-hybridized carbons (Fsp3) is 0.357. The maximum absolute atomic E-state index is 12.3. The Bertz CT molecular complexity index is 572. The van der Waals surface area contributed by atoms with Gasteiger partial charge in [-0.1, -0.05) is 12.1 Å². The summed E-state index contributed by atoms with van der Waals surface area (Å²) in [5.41, 5.74) is 1.62. The fourth-order valence-electron chi connectivity index (χ4n) is 2.07. The van der Waals surface area contributed by atoms with Gasteiger partial charge in [-0.05, 0) is 26.0 Å². The molecule has 2 aromatic rings. The molecule has 0 radical (unpaired) electrons. The highest BCUT2D eigenvalue weighted by Gasteiger charge is 2.17. The number of hydrogen-bond acceptors (Lipinski definition) is 2. The Labute approximate surface area is 107 Å². The van der Waals surface area contributed by atoms with Crippen LogP contribution in [0.3, 0.4) is 0 Å². The molecule has 0 fully saturated rings. The zero-order valence-electron chi connectivity index (χ0n) is 11.2. The minimum atomic E-state index is -0.135. The van der Waals surface area contributed by atoms with Crippen LogP contribution >= 0.6 is 0 Å². The molecule has 1 aromatic carbocycles. The van der Waals surface area contributed by atoms with E-state index in [1.807, 2.05) is 30.5 Å². The Balaban J connectivity index is 2.63. The first-order valence-corrected chi connectivity index (χ1v) is 5.98. The zero-order valence-corrected chi connectivity index (χ0v) is 11.2. The van der Waals surface area contributed by atoms with Gasteiger partial charge in [0, 0.05) is 24.7 Å². The van der Waals surface area contributed by atoms with Crippen molar-refractivity contribution in [2.75, 3.05) is 14.2 Å². The topological polar surface area (TPSA) is 34.5 Å². The van der Waals surface area contributed by atoms with Crippen LogP contribution in [0.4, 0.5) is 0 Å². The zero-order chi connectivity index (χ0) is 13.3. The van der Waals surface area contributed by atoms with Gasteiger partial charge in [0.1, 0.15) is 0 Å². The Hall–Kier alpha value is -1.81. The van der Waals surface area contributed by atoms with Crippen LogP contribution in [0, 0.1) is 0 Å². The standard InChI is InChI=1S/C14H18N2O2/c1-10(2)16-9-8-11-6-5-7-12(13(11)16)14(17)15(3)18-4/h5-10H,1-4H3. The number of para-hydroxylation sites is 1. The molecule has 4 heteroatoms. The normalized spacial score (nSPS) is 11.2. The molecule has 0 saturated carbocycles. The fourth-order valence-corrected chi connectivity index (χ4v) is 2.07. The third-order valence-electron chi connectivity index (χ3n) is 3.09. The van der Waals surface area contributed by atoms with Crippen molar-refractivity contribution in [3.63, 3.8) is 0 Å². The summed E-state index contributed by atoms with van der Waals surface area (Å²) in [6, 6.07) is 8.07. The number of nitrogens with zero attached hydrogens (tertiary/aromatic N) is 2. The maximum atomic E-state index is 12.3. The van der Waals surface area contributed by atoms with Gasteiger partial charge in [-0.3, -0.25) is 9.63 Å². The highest BCUT2D eigenvalue weighted by atomic mass is 16.7. The van der Waals surface area contributed by atoms with Gasteiger partial charge in [0.15, 0.2) is 0 Å². The van der Waals surface area contributed by atoms with Gasteiger partial charge in [0.2, 0.25) is 0 Å². The number of carbonyl (C=O) groups excluding carboxylic acids is 1. The number of amides is 1. The number of benzene rings is 1. The van der Waals surface area contributed by atoms with Gasteiger partial charge in [-0.15, -0.1) is 0 Å². The van der Waals surface area contributed by atoms with Crippen LogP contribution in [-0.4, -0.2) is 29.7 Å². The lowest BCUT2D eigenvalue weighted by atomic mass is 10.1. The molecule has 0 aliphatic rings. The van der Waals surface area contributed by atoms with Crippen molar-refractivity contribution in [2.45, 2.75) is 19.9 Å². The number of aromatic nitrogens is 1. The van der Waals surface area contributed by atoms with Crippen LogP contribution in [0.1, 0.15) is 30.2 Å². The molecule has 0 N–H and O–H groups in total. The van der Waals surface area contributed by atoms with Crippen molar-refractivity contribution < 1.29 is 9.63 Å². The highest BCUT2D eigenvalue weighted by molar-refractivity contribution is 6.05. The summed E-state index contributed by atoms with van der Waals surface area (Å²) >= 11 is 0. The second-order valence-electron chi connectivity index (χ2n) is 4.55. The van der Waals surface area contributed by atoms with E-state index in [1.54, 1.807) is 7.05 Å². The minimum absolute atomic E-state index is 0.135. The van der Waals surface area contributed by atoms with Gasteiger partial charge in [0.25, 0.3) is 5.91 Å². The van der Waals surface area contributed by atoms with Gasteiger partial charge in [0.05, 0.1) is 18.2 Å². The lowest BCUT2D eigenvalue weighted by Crippen LogP contribution is -2.26. The van der Waals surface area contributed by atoms with Gasteiger partial charge >= 0.3 is 0 Å². The SMILES string of the molecule is CON(C)C(=O)c1cccc2ccn(C(C)C)c12. The molecule has 0 aliphatic carbocycles. The summed E-state index contributed by atoms with van der Waals surface area (Å²) in [5, 5.41) is 2.31. The second-order valence-corrected chi connectivity index (χ2v) is 4.55. The minimum Gasteiger partial charge on any atom is -0.344 e. The van der Waals surface area contributed by atoms with E-state index in [9.17, 15) is 4.79 Å². The molecule has 0 bridgehead atoms. The van der Waals surface area contributed by atoms with Crippen molar-refractivity contribution in [1.82, 2.24) is 9.63 Å².